The van der Waals surface area contributed by atoms with Crippen LogP contribution < -0.4 is 5.73 Å². The van der Waals surface area contributed by atoms with Crippen LogP contribution in [0.3, 0.4) is 0 Å². The van der Waals surface area contributed by atoms with E-state index in [0.29, 0.717) is 11.8 Å². The summed E-state index contributed by atoms with van der Waals surface area (Å²) in [6.45, 7) is 2.17. The standard InChI is InChI=1S/C7H11N3/c1-4-5-2-3-9-10-7(4)6(5)8/h2-7H,8H2,1H3. The SMILES string of the molecule is CC1C2C=CN=NC1C2N. The molecule has 3 rings (SSSR count). The summed E-state index contributed by atoms with van der Waals surface area (Å²) in [5.41, 5.74) is 5.81. The molecule has 10 heavy (non-hydrogen) atoms. The average molecular weight is 137 g/mol. The van der Waals surface area contributed by atoms with E-state index in [-0.39, 0.29) is 12.1 Å². The van der Waals surface area contributed by atoms with Gasteiger partial charge in [-0.25, -0.2) is 0 Å². The fourth-order valence-electron chi connectivity index (χ4n) is 1.75. The van der Waals surface area contributed by atoms with Gasteiger partial charge in [-0.2, -0.15) is 10.2 Å². The quantitative estimate of drug-likeness (QED) is 0.530. The molecule has 4 atom stereocenters. The minimum Gasteiger partial charge on any atom is -0.325 e. The minimum atomic E-state index is 0.220. The summed E-state index contributed by atoms with van der Waals surface area (Å²) >= 11 is 0. The van der Waals surface area contributed by atoms with E-state index in [4.69, 9.17) is 5.73 Å². The Hall–Kier alpha value is -0.700. The van der Waals surface area contributed by atoms with Crippen molar-refractivity contribution in [2.24, 2.45) is 27.8 Å². The summed E-state index contributed by atoms with van der Waals surface area (Å²) in [5.74, 6) is 1.11. The molecule has 4 unspecified atom stereocenters. The summed E-state index contributed by atoms with van der Waals surface area (Å²) in [6.07, 6.45) is 3.82. The van der Waals surface area contributed by atoms with Crippen LogP contribution in [-0.2, 0) is 0 Å². The molecule has 2 aliphatic heterocycles. The zero-order valence-corrected chi connectivity index (χ0v) is 5.94. The Morgan fingerprint density at radius 3 is 3.00 bits per heavy atom. The van der Waals surface area contributed by atoms with Crippen molar-refractivity contribution in [2.75, 3.05) is 0 Å². The molecule has 1 saturated carbocycles. The van der Waals surface area contributed by atoms with Crippen LogP contribution in [0.4, 0.5) is 0 Å². The first-order valence-electron chi connectivity index (χ1n) is 3.63. The van der Waals surface area contributed by atoms with Gasteiger partial charge in [0.1, 0.15) is 0 Å². The van der Waals surface area contributed by atoms with Crippen LogP contribution in [0.1, 0.15) is 6.92 Å². The molecule has 3 heteroatoms. The highest BCUT2D eigenvalue weighted by molar-refractivity contribution is 5.12. The van der Waals surface area contributed by atoms with Gasteiger partial charge in [0.25, 0.3) is 0 Å². The Kier molecular flexibility index (Phi) is 1.14. The number of nitrogens with two attached hydrogens (primary N) is 1. The maximum atomic E-state index is 5.81. The first kappa shape index (κ1) is 6.04. The molecule has 2 bridgehead atoms. The number of fused-ring (bicyclic) bond motifs is 1. The molecular formula is C7H11N3. The number of nitrogens with zero attached hydrogens (tertiary/aromatic N) is 2. The zero-order chi connectivity index (χ0) is 7.14. The lowest BCUT2D eigenvalue weighted by Crippen LogP contribution is -2.57. The molecule has 3 aliphatic rings. The fourth-order valence-corrected chi connectivity index (χ4v) is 1.75. The summed E-state index contributed by atoms with van der Waals surface area (Å²) < 4.78 is 0. The van der Waals surface area contributed by atoms with Crippen LogP contribution in [0.2, 0.25) is 0 Å². The van der Waals surface area contributed by atoms with Crippen LogP contribution in [0.15, 0.2) is 22.5 Å². The van der Waals surface area contributed by atoms with E-state index in [9.17, 15) is 0 Å². The molecule has 0 aromatic carbocycles. The van der Waals surface area contributed by atoms with Gasteiger partial charge in [-0.3, -0.25) is 0 Å². The Balaban J connectivity index is 2.27. The molecule has 0 saturated heterocycles. The first-order chi connectivity index (χ1) is 4.80. The highest BCUT2D eigenvalue weighted by Gasteiger charge is 2.45. The van der Waals surface area contributed by atoms with Gasteiger partial charge >= 0.3 is 0 Å². The van der Waals surface area contributed by atoms with Crippen LogP contribution >= 0.6 is 0 Å². The topological polar surface area (TPSA) is 50.7 Å². The van der Waals surface area contributed by atoms with Crippen LogP contribution in [0, 0.1) is 11.8 Å². The first-order valence-corrected chi connectivity index (χ1v) is 3.63. The molecule has 1 fully saturated rings. The molecule has 0 radical (unpaired) electrons. The smallest absolute Gasteiger partial charge is 0.0900 e. The largest absolute Gasteiger partial charge is 0.325 e. The van der Waals surface area contributed by atoms with Crippen LogP contribution in [0.25, 0.3) is 0 Å². The lowest BCUT2D eigenvalue weighted by atomic mass is 9.67. The summed E-state index contributed by atoms with van der Waals surface area (Å²) in [7, 11) is 0. The summed E-state index contributed by atoms with van der Waals surface area (Å²) in [6, 6.07) is 0.498. The molecule has 2 N–H and O–H groups in total. The zero-order valence-electron chi connectivity index (χ0n) is 5.94. The van der Waals surface area contributed by atoms with Gasteiger partial charge in [-0.15, -0.1) is 0 Å². The third kappa shape index (κ3) is 0.583. The Bertz CT molecular complexity index is 167. The van der Waals surface area contributed by atoms with Crippen molar-refractivity contribution in [3.63, 3.8) is 0 Å². The highest BCUT2D eigenvalue weighted by atomic mass is 15.2. The van der Waals surface area contributed by atoms with E-state index in [1.54, 1.807) is 6.20 Å². The van der Waals surface area contributed by atoms with Gasteiger partial charge in [-0.05, 0) is 5.92 Å². The molecule has 2 heterocycles. The van der Waals surface area contributed by atoms with E-state index >= 15 is 0 Å². The molecule has 54 valence electrons. The lowest BCUT2D eigenvalue weighted by Gasteiger charge is -2.43. The second-order valence-corrected chi connectivity index (χ2v) is 3.08. The van der Waals surface area contributed by atoms with Crippen molar-refractivity contribution in [1.82, 2.24) is 0 Å². The van der Waals surface area contributed by atoms with Crippen LogP contribution in [0.5, 0.6) is 0 Å². The number of hydrogen-bond donors (Lipinski definition) is 1. The van der Waals surface area contributed by atoms with E-state index < -0.39 is 0 Å². The molecule has 1 aliphatic carbocycles. The van der Waals surface area contributed by atoms with E-state index in [2.05, 4.69) is 23.2 Å². The van der Waals surface area contributed by atoms with E-state index in [0.717, 1.165) is 0 Å². The molecule has 0 aromatic rings. The van der Waals surface area contributed by atoms with Gasteiger partial charge in [-0.1, -0.05) is 13.0 Å². The van der Waals surface area contributed by atoms with E-state index in [1.807, 2.05) is 0 Å². The van der Waals surface area contributed by atoms with Crippen molar-refractivity contribution in [3.05, 3.63) is 12.3 Å². The van der Waals surface area contributed by atoms with Crippen molar-refractivity contribution >= 4 is 0 Å². The normalized spacial score (nSPS) is 50.2. The number of rotatable bonds is 0. The highest BCUT2D eigenvalue weighted by Crippen LogP contribution is 2.38. The number of azo groups is 1. The fraction of sp³-hybridized carbons (Fsp3) is 0.714. The summed E-state index contributed by atoms with van der Waals surface area (Å²) in [5, 5.41) is 7.92. The van der Waals surface area contributed by atoms with Crippen molar-refractivity contribution in [2.45, 2.75) is 19.0 Å². The predicted octanol–water partition coefficient (Wildman–Crippen LogP) is 0.928. The molecule has 0 spiro atoms. The second-order valence-electron chi connectivity index (χ2n) is 3.08. The second kappa shape index (κ2) is 1.89. The average Bonchev–Trinajstić information content (AvgIpc) is 2.22. The van der Waals surface area contributed by atoms with Gasteiger partial charge < -0.3 is 5.73 Å². The number of hydrogen-bond acceptors (Lipinski definition) is 3. The van der Waals surface area contributed by atoms with Gasteiger partial charge in [0.15, 0.2) is 0 Å². The molecular weight excluding hydrogens is 126 g/mol. The lowest BCUT2D eigenvalue weighted by molar-refractivity contribution is 0.157. The van der Waals surface area contributed by atoms with Gasteiger partial charge in [0.2, 0.25) is 0 Å². The third-order valence-corrected chi connectivity index (χ3v) is 2.56. The molecule has 3 nitrogen and oxygen atoms in total. The van der Waals surface area contributed by atoms with E-state index in [1.165, 1.54) is 0 Å². The Morgan fingerprint density at radius 2 is 2.30 bits per heavy atom. The minimum absolute atomic E-state index is 0.220. The third-order valence-electron chi connectivity index (χ3n) is 2.56. The van der Waals surface area contributed by atoms with Crippen LogP contribution in [-0.4, -0.2) is 12.1 Å². The molecule has 0 amide bonds. The van der Waals surface area contributed by atoms with Crippen molar-refractivity contribution in [1.29, 1.82) is 0 Å². The van der Waals surface area contributed by atoms with Gasteiger partial charge in [0.05, 0.1) is 6.04 Å². The van der Waals surface area contributed by atoms with Gasteiger partial charge in [0, 0.05) is 18.2 Å². The summed E-state index contributed by atoms with van der Waals surface area (Å²) in [4.78, 5) is 0. The van der Waals surface area contributed by atoms with Crippen molar-refractivity contribution in [3.8, 4) is 0 Å². The molecule has 0 aromatic heterocycles. The predicted molar refractivity (Wildman–Crippen MR) is 38.4 cm³/mol. The Morgan fingerprint density at radius 1 is 1.50 bits per heavy atom. The van der Waals surface area contributed by atoms with Crippen molar-refractivity contribution < 1.29 is 0 Å². The maximum Gasteiger partial charge on any atom is 0.0900 e. The monoisotopic (exact) mass is 137 g/mol. The Labute approximate surface area is 60.0 Å². The maximum absolute atomic E-state index is 5.81.